The van der Waals surface area contributed by atoms with Crippen LogP contribution in [0.3, 0.4) is 0 Å². The molecule has 0 saturated heterocycles. The monoisotopic (exact) mass is 273 g/mol. The lowest BCUT2D eigenvalue weighted by Crippen LogP contribution is -2.24. The molecule has 2 unspecified atom stereocenters. The van der Waals surface area contributed by atoms with Crippen LogP contribution in [0.1, 0.15) is 30.1 Å². The lowest BCUT2D eigenvalue weighted by molar-refractivity contribution is 0.308. The molecule has 2 aromatic rings. The van der Waals surface area contributed by atoms with Crippen molar-refractivity contribution >= 4 is 0 Å². The molecule has 5 heteroatoms. The molecule has 0 fully saturated rings. The van der Waals surface area contributed by atoms with Gasteiger partial charge in [0.15, 0.2) is 5.75 Å². The standard InChI is InChI=1S/C15H19N3O2/c1-3-18-15(13(19-2)8-17-18)14(16)11-9-20-12-7-5-4-6-10(11)12/h4-8,11,14H,3,9,16H2,1-2H3. The van der Waals surface area contributed by atoms with E-state index in [-0.39, 0.29) is 12.0 Å². The number of hydrogen-bond donors (Lipinski definition) is 1. The molecule has 0 saturated carbocycles. The fraction of sp³-hybridized carbons (Fsp3) is 0.400. The highest BCUT2D eigenvalue weighted by Gasteiger charge is 2.33. The van der Waals surface area contributed by atoms with Gasteiger partial charge in [-0.3, -0.25) is 4.68 Å². The van der Waals surface area contributed by atoms with Gasteiger partial charge in [0.2, 0.25) is 0 Å². The van der Waals surface area contributed by atoms with Gasteiger partial charge in [0.05, 0.1) is 31.6 Å². The quantitative estimate of drug-likeness (QED) is 0.926. The van der Waals surface area contributed by atoms with E-state index in [0.29, 0.717) is 6.61 Å². The summed E-state index contributed by atoms with van der Waals surface area (Å²) in [6.45, 7) is 3.40. The molecule has 1 aliphatic rings. The van der Waals surface area contributed by atoms with Crippen LogP contribution in [0.25, 0.3) is 0 Å². The van der Waals surface area contributed by atoms with E-state index in [0.717, 1.165) is 29.3 Å². The van der Waals surface area contributed by atoms with Crippen molar-refractivity contribution in [3.63, 3.8) is 0 Å². The van der Waals surface area contributed by atoms with Crippen molar-refractivity contribution in [3.8, 4) is 11.5 Å². The van der Waals surface area contributed by atoms with Gasteiger partial charge < -0.3 is 15.2 Å². The number of nitrogens with zero attached hydrogens (tertiary/aromatic N) is 2. The number of para-hydroxylation sites is 1. The molecule has 5 nitrogen and oxygen atoms in total. The number of fused-ring (bicyclic) bond motifs is 1. The van der Waals surface area contributed by atoms with E-state index in [2.05, 4.69) is 11.2 Å². The van der Waals surface area contributed by atoms with Gasteiger partial charge in [-0.1, -0.05) is 18.2 Å². The Bertz CT molecular complexity index is 587. The Labute approximate surface area is 118 Å². The molecule has 2 heterocycles. The summed E-state index contributed by atoms with van der Waals surface area (Å²) in [5, 5.41) is 4.32. The smallest absolute Gasteiger partial charge is 0.161 e. The summed E-state index contributed by atoms with van der Waals surface area (Å²) in [6.07, 6.45) is 1.72. The van der Waals surface area contributed by atoms with Crippen LogP contribution >= 0.6 is 0 Å². The van der Waals surface area contributed by atoms with Crippen molar-refractivity contribution < 1.29 is 9.47 Å². The molecule has 20 heavy (non-hydrogen) atoms. The number of nitrogens with two attached hydrogens (primary N) is 1. The van der Waals surface area contributed by atoms with Crippen molar-refractivity contribution in [2.24, 2.45) is 5.73 Å². The maximum atomic E-state index is 6.49. The Morgan fingerprint density at radius 1 is 1.50 bits per heavy atom. The Hall–Kier alpha value is -2.01. The zero-order chi connectivity index (χ0) is 14.1. The minimum absolute atomic E-state index is 0.127. The second-order valence-electron chi connectivity index (χ2n) is 4.90. The minimum Gasteiger partial charge on any atom is -0.493 e. The number of benzene rings is 1. The SMILES string of the molecule is CCn1ncc(OC)c1C(N)C1COc2ccccc21. The first-order chi connectivity index (χ1) is 9.76. The molecule has 0 bridgehead atoms. The van der Waals surface area contributed by atoms with Gasteiger partial charge in [0.1, 0.15) is 5.75 Å². The summed E-state index contributed by atoms with van der Waals surface area (Å²) in [5.74, 6) is 1.79. The fourth-order valence-electron chi connectivity index (χ4n) is 2.80. The molecule has 0 radical (unpaired) electrons. The zero-order valence-electron chi connectivity index (χ0n) is 11.7. The van der Waals surface area contributed by atoms with E-state index in [1.54, 1.807) is 13.3 Å². The van der Waals surface area contributed by atoms with E-state index in [1.165, 1.54) is 0 Å². The largest absolute Gasteiger partial charge is 0.493 e. The molecule has 1 aromatic carbocycles. The minimum atomic E-state index is -0.198. The Balaban J connectivity index is 1.98. The highest BCUT2D eigenvalue weighted by atomic mass is 16.5. The summed E-state index contributed by atoms with van der Waals surface area (Å²) < 4.78 is 13.0. The van der Waals surface area contributed by atoms with Gasteiger partial charge in [-0.2, -0.15) is 5.10 Å². The van der Waals surface area contributed by atoms with Crippen LogP contribution in [-0.2, 0) is 6.54 Å². The number of rotatable bonds is 4. The third-order valence-electron chi connectivity index (χ3n) is 3.85. The first kappa shape index (κ1) is 13.0. The number of hydrogen-bond acceptors (Lipinski definition) is 4. The molecule has 0 amide bonds. The van der Waals surface area contributed by atoms with Crippen LogP contribution in [0.5, 0.6) is 11.5 Å². The third-order valence-corrected chi connectivity index (χ3v) is 3.85. The fourth-order valence-corrected chi connectivity index (χ4v) is 2.80. The van der Waals surface area contributed by atoms with Crippen LogP contribution in [0.2, 0.25) is 0 Å². The lowest BCUT2D eigenvalue weighted by atomic mass is 9.91. The van der Waals surface area contributed by atoms with Gasteiger partial charge >= 0.3 is 0 Å². The molecule has 1 aliphatic heterocycles. The molecule has 2 atom stereocenters. The highest BCUT2D eigenvalue weighted by molar-refractivity contribution is 5.43. The van der Waals surface area contributed by atoms with Crippen molar-refractivity contribution in [2.75, 3.05) is 13.7 Å². The molecule has 2 N–H and O–H groups in total. The van der Waals surface area contributed by atoms with Gasteiger partial charge in [0, 0.05) is 18.0 Å². The average Bonchev–Trinajstić information content (AvgIpc) is 3.10. The number of ether oxygens (including phenoxy) is 2. The Morgan fingerprint density at radius 2 is 2.30 bits per heavy atom. The van der Waals surface area contributed by atoms with Crippen molar-refractivity contribution in [3.05, 3.63) is 41.7 Å². The summed E-state index contributed by atoms with van der Waals surface area (Å²) in [7, 11) is 1.65. The first-order valence-corrected chi connectivity index (χ1v) is 6.83. The number of aromatic nitrogens is 2. The average molecular weight is 273 g/mol. The topological polar surface area (TPSA) is 62.3 Å². The molecule has 1 aromatic heterocycles. The maximum Gasteiger partial charge on any atom is 0.161 e. The van der Waals surface area contributed by atoms with Crippen molar-refractivity contribution in [2.45, 2.75) is 25.4 Å². The van der Waals surface area contributed by atoms with Crippen LogP contribution < -0.4 is 15.2 Å². The van der Waals surface area contributed by atoms with Gasteiger partial charge in [-0.25, -0.2) is 0 Å². The summed E-state index contributed by atoms with van der Waals surface area (Å²) >= 11 is 0. The molecule has 0 aliphatic carbocycles. The molecule has 106 valence electrons. The van der Waals surface area contributed by atoms with Gasteiger partial charge in [0.25, 0.3) is 0 Å². The third kappa shape index (κ3) is 1.94. The Morgan fingerprint density at radius 3 is 3.05 bits per heavy atom. The number of aryl methyl sites for hydroxylation is 1. The predicted octanol–water partition coefficient (Wildman–Crippen LogP) is 2.09. The lowest BCUT2D eigenvalue weighted by Gasteiger charge is -2.20. The van der Waals surface area contributed by atoms with Crippen LogP contribution in [0, 0.1) is 0 Å². The van der Waals surface area contributed by atoms with Crippen LogP contribution in [0.15, 0.2) is 30.5 Å². The Kier molecular flexibility index (Phi) is 3.36. The van der Waals surface area contributed by atoms with Crippen LogP contribution in [-0.4, -0.2) is 23.5 Å². The molecular weight excluding hydrogens is 254 g/mol. The van der Waals surface area contributed by atoms with Crippen LogP contribution in [0.4, 0.5) is 0 Å². The van der Waals surface area contributed by atoms with E-state index in [1.807, 2.05) is 29.8 Å². The summed E-state index contributed by atoms with van der Waals surface area (Å²) in [4.78, 5) is 0. The van der Waals surface area contributed by atoms with Crippen molar-refractivity contribution in [1.29, 1.82) is 0 Å². The molecule has 3 rings (SSSR count). The first-order valence-electron chi connectivity index (χ1n) is 6.83. The van der Waals surface area contributed by atoms with E-state index in [4.69, 9.17) is 15.2 Å². The van der Waals surface area contributed by atoms with Gasteiger partial charge in [-0.15, -0.1) is 0 Å². The van der Waals surface area contributed by atoms with Crippen molar-refractivity contribution in [1.82, 2.24) is 9.78 Å². The predicted molar refractivity (Wildman–Crippen MR) is 76.1 cm³/mol. The van der Waals surface area contributed by atoms with Gasteiger partial charge in [-0.05, 0) is 13.0 Å². The zero-order valence-corrected chi connectivity index (χ0v) is 11.7. The number of methoxy groups -OCH3 is 1. The summed E-state index contributed by atoms with van der Waals surface area (Å²) in [5.41, 5.74) is 8.58. The van der Waals surface area contributed by atoms with E-state index in [9.17, 15) is 0 Å². The summed E-state index contributed by atoms with van der Waals surface area (Å²) in [6, 6.07) is 7.85. The van der Waals surface area contributed by atoms with E-state index >= 15 is 0 Å². The normalized spacial score (nSPS) is 18.4. The molecule has 0 spiro atoms. The maximum absolute atomic E-state index is 6.49. The second-order valence-corrected chi connectivity index (χ2v) is 4.90. The second kappa shape index (κ2) is 5.17. The highest BCUT2D eigenvalue weighted by Crippen LogP contribution is 2.41. The van der Waals surface area contributed by atoms with E-state index < -0.39 is 0 Å². The molecular formula is C15H19N3O2.